The lowest BCUT2D eigenvalue weighted by molar-refractivity contribution is -0.144. The van der Waals surface area contributed by atoms with Crippen LogP contribution < -0.4 is 4.74 Å². The van der Waals surface area contributed by atoms with Gasteiger partial charge in [-0.05, 0) is 37.8 Å². The maximum atomic E-state index is 13.8. The maximum Gasteiger partial charge on any atom is 0.307 e. The minimum atomic E-state index is -0.905. The van der Waals surface area contributed by atoms with Crippen molar-refractivity contribution in [3.63, 3.8) is 0 Å². The summed E-state index contributed by atoms with van der Waals surface area (Å²) in [6.45, 7) is 1.66. The quantitative estimate of drug-likeness (QED) is 0.877. The zero-order valence-corrected chi connectivity index (χ0v) is 9.70. The van der Waals surface area contributed by atoms with Gasteiger partial charge in [0.25, 0.3) is 0 Å². The first-order valence-corrected chi connectivity index (χ1v) is 5.68. The van der Waals surface area contributed by atoms with Crippen molar-refractivity contribution in [1.82, 2.24) is 0 Å². The van der Waals surface area contributed by atoms with Crippen molar-refractivity contribution >= 4 is 5.97 Å². The van der Waals surface area contributed by atoms with Gasteiger partial charge in [0.2, 0.25) is 0 Å². The Morgan fingerprint density at radius 1 is 1.53 bits per heavy atom. The molecular formula is C13H15FO3. The molecule has 17 heavy (non-hydrogen) atoms. The number of benzene rings is 1. The predicted molar refractivity (Wildman–Crippen MR) is 60.6 cm³/mol. The number of aryl methyl sites for hydroxylation is 1. The van der Waals surface area contributed by atoms with E-state index in [1.54, 1.807) is 25.1 Å². The SMILES string of the molecule is Cc1cccc(OC2(CC(=O)O)CCC2)c1F. The molecule has 0 spiro atoms. The summed E-state index contributed by atoms with van der Waals surface area (Å²) in [7, 11) is 0. The van der Waals surface area contributed by atoms with Gasteiger partial charge in [-0.3, -0.25) is 4.79 Å². The van der Waals surface area contributed by atoms with Crippen LogP contribution in [0.15, 0.2) is 18.2 Å². The highest BCUT2D eigenvalue weighted by molar-refractivity contribution is 5.68. The summed E-state index contributed by atoms with van der Waals surface area (Å²) in [5.74, 6) is -1.15. The molecule has 1 aromatic rings. The van der Waals surface area contributed by atoms with Crippen LogP contribution in [-0.2, 0) is 4.79 Å². The van der Waals surface area contributed by atoms with Crippen molar-refractivity contribution in [3.05, 3.63) is 29.6 Å². The highest BCUT2D eigenvalue weighted by Crippen LogP contribution is 2.40. The van der Waals surface area contributed by atoms with Crippen LogP contribution in [0.2, 0.25) is 0 Å². The minimum Gasteiger partial charge on any atom is -0.484 e. The molecule has 4 heteroatoms. The summed E-state index contributed by atoms with van der Waals surface area (Å²) >= 11 is 0. The van der Waals surface area contributed by atoms with Crippen molar-refractivity contribution in [2.75, 3.05) is 0 Å². The van der Waals surface area contributed by atoms with E-state index in [9.17, 15) is 9.18 Å². The van der Waals surface area contributed by atoms with Gasteiger partial charge < -0.3 is 9.84 Å². The second-order valence-electron chi connectivity index (χ2n) is 4.60. The molecule has 1 fully saturated rings. The fourth-order valence-electron chi connectivity index (χ4n) is 2.09. The lowest BCUT2D eigenvalue weighted by atomic mass is 9.77. The summed E-state index contributed by atoms with van der Waals surface area (Å²) in [5, 5.41) is 8.84. The Labute approximate surface area is 99.2 Å². The Morgan fingerprint density at radius 3 is 2.76 bits per heavy atom. The van der Waals surface area contributed by atoms with Crippen LogP contribution in [0.5, 0.6) is 5.75 Å². The minimum absolute atomic E-state index is 0.0691. The zero-order chi connectivity index (χ0) is 12.5. The van der Waals surface area contributed by atoms with Gasteiger partial charge >= 0.3 is 5.97 Å². The van der Waals surface area contributed by atoms with E-state index in [1.807, 2.05) is 0 Å². The predicted octanol–water partition coefficient (Wildman–Crippen LogP) is 2.91. The van der Waals surface area contributed by atoms with Crippen LogP contribution in [0.3, 0.4) is 0 Å². The third-order valence-electron chi connectivity index (χ3n) is 3.22. The Kier molecular flexibility index (Phi) is 3.05. The highest BCUT2D eigenvalue weighted by atomic mass is 19.1. The number of ether oxygens (including phenoxy) is 1. The average molecular weight is 238 g/mol. The van der Waals surface area contributed by atoms with Crippen LogP contribution in [0.1, 0.15) is 31.2 Å². The molecule has 0 unspecified atom stereocenters. The smallest absolute Gasteiger partial charge is 0.307 e. The van der Waals surface area contributed by atoms with Gasteiger partial charge in [-0.1, -0.05) is 12.1 Å². The number of halogens is 1. The highest BCUT2D eigenvalue weighted by Gasteiger charge is 2.42. The van der Waals surface area contributed by atoms with Crippen molar-refractivity contribution in [1.29, 1.82) is 0 Å². The molecule has 0 saturated heterocycles. The Hall–Kier alpha value is -1.58. The lowest BCUT2D eigenvalue weighted by Gasteiger charge is -2.40. The molecule has 1 aromatic carbocycles. The van der Waals surface area contributed by atoms with Gasteiger partial charge in [0.1, 0.15) is 5.60 Å². The number of hydrogen-bond donors (Lipinski definition) is 1. The maximum absolute atomic E-state index is 13.8. The number of rotatable bonds is 4. The third-order valence-corrected chi connectivity index (χ3v) is 3.22. The van der Waals surface area contributed by atoms with Crippen LogP contribution >= 0.6 is 0 Å². The first kappa shape index (κ1) is 11.9. The average Bonchev–Trinajstić information content (AvgIpc) is 2.21. The zero-order valence-electron chi connectivity index (χ0n) is 9.70. The van der Waals surface area contributed by atoms with Crippen molar-refractivity contribution in [2.45, 2.75) is 38.2 Å². The van der Waals surface area contributed by atoms with Gasteiger partial charge in [-0.2, -0.15) is 0 Å². The third kappa shape index (κ3) is 2.40. The molecule has 92 valence electrons. The Morgan fingerprint density at radius 2 is 2.24 bits per heavy atom. The van der Waals surface area contributed by atoms with E-state index in [2.05, 4.69) is 0 Å². The molecule has 1 aliphatic carbocycles. The lowest BCUT2D eigenvalue weighted by Crippen LogP contribution is -2.45. The number of hydrogen-bond acceptors (Lipinski definition) is 2. The topological polar surface area (TPSA) is 46.5 Å². The Bertz CT molecular complexity index is 438. The van der Waals surface area contributed by atoms with E-state index in [1.165, 1.54) is 0 Å². The molecule has 0 heterocycles. The summed E-state index contributed by atoms with van der Waals surface area (Å²) in [4.78, 5) is 10.8. The normalized spacial score (nSPS) is 17.3. The molecule has 0 aliphatic heterocycles. The van der Waals surface area contributed by atoms with Gasteiger partial charge in [0, 0.05) is 0 Å². The van der Waals surface area contributed by atoms with E-state index in [-0.39, 0.29) is 12.2 Å². The number of carbonyl (C=O) groups is 1. The van der Waals surface area contributed by atoms with Gasteiger partial charge in [0.15, 0.2) is 11.6 Å². The molecule has 0 amide bonds. The van der Waals surface area contributed by atoms with Crippen LogP contribution in [0.25, 0.3) is 0 Å². The van der Waals surface area contributed by atoms with Crippen LogP contribution in [0, 0.1) is 12.7 Å². The fraction of sp³-hybridized carbons (Fsp3) is 0.462. The molecule has 0 atom stereocenters. The van der Waals surface area contributed by atoms with Crippen LogP contribution in [-0.4, -0.2) is 16.7 Å². The molecule has 0 aromatic heterocycles. The fourth-order valence-corrected chi connectivity index (χ4v) is 2.09. The summed E-state index contributed by atoms with van der Waals surface area (Å²) in [6, 6.07) is 4.91. The second kappa shape index (κ2) is 4.35. The van der Waals surface area contributed by atoms with E-state index in [0.717, 1.165) is 6.42 Å². The number of carboxylic acid groups (broad SMARTS) is 1. The van der Waals surface area contributed by atoms with E-state index < -0.39 is 17.4 Å². The van der Waals surface area contributed by atoms with Gasteiger partial charge in [-0.15, -0.1) is 0 Å². The number of aliphatic carboxylic acids is 1. The van der Waals surface area contributed by atoms with E-state index in [0.29, 0.717) is 18.4 Å². The monoisotopic (exact) mass is 238 g/mol. The second-order valence-corrected chi connectivity index (χ2v) is 4.60. The van der Waals surface area contributed by atoms with E-state index in [4.69, 9.17) is 9.84 Å². The first-order chi connectivity index (χ1) is 8.02. The van der Waals surface area contributed by atoms with E-state index >= 15 is 0 Å². The molecule has 1 aliphatic rings. The first-order valence-electron chi connectivity index (χ1n) is 5.68. The molecule has 0 bridgehead atoms. The molecule has 0 radical (unpaired) electrons. The molecular weight excluding hydrogens is 223 g/mol. The van der Waals surface area contributed by atoms with Gasteiger partial charge in [0.05, 0.1) is 6.42 Å². The number of carboxylic acids is 1. The molecule has 3 nitrogen and oxygen atoms in total. The molecule has 2 rings (SSSR count). The van der Waals surface area contributed by atoms with Gasteiger partial charge in [-0.25, -0.2) is 4.39 Å². The largest absolute Gasteiger partial charge is 0.484 e. The van der Waals surface area contributed by atoms with Crippen molar-refractivity contribution < 1.29 is 19.0 Å². The summed E-state index contributed by atoms with van der Waals surface area (Å²) in [6.07, 6.45) is 2.21. The Balaban J connectivity index is 2.18. The summed E-state index contributed by atoms with van der Waals surface area (Å²) < 4.78 is 19.4. The van der Waals surface area contributed by atoms with Crippen molar-refractivity contribution in [3.8, 4) is 5.75 Å². The molecule has 1 N–H and O–H groups in total. The van der Waals surface area contributed by atoms with Crippen LogP contribution in [0.4, 0.5) is 4.39 Å². The standard InChI is InChI=1S/C13H15FO3/c1-9-4-2-5-10(12(9)14)17-13(6-3-7-13)8-11(15)16/h2,4-5H,3,6-8H2,1H3,(H,15,16). The molecule has 1 saturated carbocycles. The van der Waals surface area contributed by atoms with Crippen molar-refractivity contribution in [2.24, 2.45) is 0 Å². The summed E-state index contributed by atoms with van der Waals surface area (Å²) in [5.41, 5.74) is -0.201.